The first-order chi connectivity index (χ1) is 17.5. The van der Waals surface area contributed by atoms with Crippen molar-refractivity contribution in [2.24, 2.45) is 4.99 Å². The number of ether oxygens (including phenoxy) is 1. The van der Waals surface area contributed by atoms with Gasteiger partial charge >= 0.3 is 0 Å². The number of non-ortho nitro benzene ring substituents is 1. The van der Waals surface area contributed by atoms with Gasteiger partial charge in [-0.3, -0.25) is 19.5 Å². The van der Waals surface area contributed by atoms with E-state index in [2.05, 4.69) is 12.1 Å². The van der Waals surface area contributed by atoms with Gasteiger partial charge in [-0.15, -0.1) is 0 Å². The molecule has 0 saturated carbocycles. The summed E-state index contributed by atoms with van der Waals surface area (Å²) >= 11 is 1.33. The molecule has 0 radical (unpaired) electrons. The minimum atomic E-state index is -0.461. The van der Waals surface area contributed by atoms with E-state index in [4.69, 9.17) is 9.73 Å². The van der Waals surface area contributed by atoms with Gasteiger partial charge in [-0.2, -0.15) is 0 Å². The van der Waals surface area contributed by atoms with E-state index in [1.54, 1.807) is 23.8 Å². The molecular weight excluding hydrogens is 474 g/mol. The van der Waals surface area contributed by atoms with E-state index in [9.17, 15) is 14.9 Å². The quantitative estimate of drug-likeness (QED) is 0.313. The lowest BCUT2D eigenvalue weighted by Crippen LogP contribution is -2.38. The van der Waals surface area contributed by atoms with Crippen LogP contribution >= 0.6 is 11.3 Å². The molecule has 0 N–H and O–H groups in total. The molecule has 1 aliphatic carbocycles. The highest BCUT2D eigenvalue weighted by Gasteiger charge is 2.33. The number of aromatic nitrogens is 1. The van der Waals surface area contributed by atoms with Crippen LogP contribution in [0.1, 0.15) is 34.7 Å². The van der Waals surface area contributed by atoms with Crippen molar-refractivity contribution in [2.75, 3.05) is 7.11 Å². The molecule has 0 amide bonds. The zero-order chi connectivity index (χ0) is 24.8. The fraction of sp³-hybridized carbons (Fsp3) is 0.143. The number of nitrogens with zero attached hydrogens (tertiary/aromatic N) is 3. The molecule has 0 fully saturated rings. The Hall–Kier alpha value is -4.30. The molecular formula is C28H21N3O4S. The molecule has 0 bridgehead atoms. The maximum atomic E-state index is 13.8. The van der Waals surface area contributed by atoms with Crippen molar-refractivity contribution in [1.29, 1.82) is 0 Å². The molecule has 2 heterocycles. The number of methoxy groups -OCH3 is 1. The van der Waals surface area contributed by atoms with Crippen LogP contribution in [0.5, 0.6) is 5.75 Å². The van der Waals surface area contributed by atoms with Gasteiger partial charge in [0.25, 0.3) is 11.2 Å². The predicted molar refractivity (Wildman–Crippen MR) is 139 cm³/mol. The van der Waals surface area contributed by atoms with Crippen molar-refractivity contribution in [3.05, 3.63) is 130 Å². The average Bonchev–Trinajstić information content (AvgIpc) is 3.21. The van der Waals surface area contributed by atoms with Crippen molar-refractivity contribution >= 4 is 28.8 Å². The average molecular weight is 496 g/mol. The fourth-order valence-corrected chi connectivity index (χ4v) is 6.01. The van der Waals surface area contributed by atoms with E-state index >= 15 is 0 Å². The van der Waals surface area contributed by atoms with Gasteiger partial charge in [0.2, 0.25) is 0 Å². The van der Waals surface area contributed by atoms with Gasteiger partial charge in [0.05, 0.1) is 28.3 Å². The normalized spacial score (nSPS) is 16.6. The number of rotatable bonds is 4. The van der Waals surface area contributed by atoms with Crippen molar-refractivity contribution in [3.63, 3.8) is 0 Å². The predicted octanol–water partition coefficient (Wildman–Crippen LogP) is 4.24. The molecule has 178 valence electrons. The number of allylic oxidation sites excluding steroid dienone is 1. The van der Waals surface area contributed by atoms with Crippen molar-refractivity contribution in [2.45, 2.75) is 18.9 Å². The highest BCUT2D eigenvalue weighted by molar-refractivity contribution is 7.07. The van der Waals surface area contributed by atoms with Crippen LogP contribution in [0.3, 0.4) is 0 Å². The molecule has 4 aromatic rings. The first-order valence-corrected chi connectivity index (χ1v) is 12.4. The first-order valence-electron chi connectivity index (χ1n) is 11.5. The number of fused-ring (bicyclic) bond motifs is 3. The lowest BCUT2D eigenvalue weighted by molar-refractivity contribution is -0.384. The number of nitro groups is 1. The highest BCUT2D eigenvalue weighted by Crippen LogP contribution is 2.41. The minimum Gasteiger partial charge on any atom is -0.497 e. The molecule has 36 heavy (non-hydrogen) atoms. The number of nitro benzene ring substituents is 1. The first kappa shape index (κ1) is 22.2. The molecule has 1 aromatic heterocycles. The summed E-state index contributed by atoms with van der Waals surface area (Å²) in [4.78, 5) is 30.5. The largest absolute Gasteiger partial charge is 0.497 e. The molecule has 6 rings (SSSR count). The second-order valence-electron chi connectivity index (χ2n) is 8.74. The Kier molecular flexibility index (Phi) is 5.38. The Morgan fingerprint density at radius 3 is 2.75 bits per heavy atom. The Labute approximate surface area is 210 Å². The smallest absolute Gasteiger partial charge is 0.271 e. The Bertz CT molecular complexity index is 1750. The second kappa shape index (κ2) is 8.73. The summed E-state index contributed by atoms with van der Waals surface area (Å²) in [6, 6.07) is 21.8. The van der Waals surface area contributed by atoms with Crippen LogP contribution in [0.4, 0.5) is 5.69 Å². The lowest BCUT2D eigenvalue weighted by Gasteiger charge is -2.30. The van der Waals surface area contributed by atoms with Crippen molar-refractivity contribution < 1.29 is 9.66 Å². The van der Waals surface area contributed by atoms with Gasteiger partial charge in [-0.1, -0.05) is 59.9 Å². The number of thiazole rings is 1. The molecule has 0 unspecified atom stereocenters. The monoisotopic (exact) mass is 495 g/mol. The SMILES string of the molecule is COc1cccc(/C=c2\sc3n(c2=O)[C@H](c2cccc([N+](=O)[O-])c2)C2=C(N=3)c3ccccc3CC2)c1. The molecule has 8 heteroatoms. The summed E-state index contributed by atoms with van der Waals surface area (Å²) in [5.41, 5.74) is 5.54. The van der Waals surface area contributed by atoms with Crippen LogP contribution in [-0.2, 0) is 6.42 Å². The molecule has 1 aliphatic heterocycles. The van der Waals surface area contributed by atoms with E-state index < -0.39 is 11.0 Å². The summed E-state index contributed by atoms with van der Waals surface area (Å²) in [6.07, 6.45) is 3.39. The van der Waals surface area contributed by atoms with Crippen LogP contribution in [0.15, 0.2) is 88.2 Å². The molecule has 0 saturated heterocycles. The van der Waals surface area contributed by atoms with Crippen LogP contribution in [0, 0.1) is 10.1 Å². The summed E-state index contributed by atoms with van der Waals surface area (Å²) in [6.45, 7) is 0. The number of hydrogen-bond acceptors (Lipinski definition) is 6. The lowest BCUT2D eigenvalue weighted by atomic mass is 9.83. The van der Waals surface area contributed by atoms with Gasteiger partial charge in [-0.05, 0) is 53.3 Å². The molecule has 1 atom stereocenters. The van der Waals surface area contributed by atoms with Crippen LogP contribution in [0.25, 0.3) is 11.8 Å². The fourth-order valence-electron chi connectivity index (χ4n) is 5.01. The van der Waals surface area contributed by atoms with Crippen LogP contribution < -0.4 is 19.6 Å². The third-order valence-corrected chi connectivity index (χ3v) is 7.64. The number of benzene rings is 3. The van der Waals surface area contributed by atoms with E-state index in [0.29, 0.717) is 20.6 Å². The third-order valence-electron chi connectivity index (χ3n) is 6.66. The third kappa shape index (κ3) is 3.67. The summed E-state index contributed by atoms with van der Waals surface area (Å²) in [7, 11) is 1.61. The zero-order valence-electron chi connectivity index (χ0n) is 19.4. The van der Waals surface area contributed by atoms with E-state index in [0.717, 1.165) is 35.2 Å². The topological polar surface area (TPSA) is 86.7 Å². The molecule has 3 aromatic carbocycles. The van der Waals surface area contributed by atoms with Gasteiger partial charge < -0.3 is 4.74 Å². The Balaban J connectivity index is 1.62. The number of aryl methyl sites for hydroxylation is 1. The number of hydrogen-bond donors (Lipinski definition) is 0. The second-order valence-corrected chi connectivity index (χ2v) is 9.75. The van der Waals surface area contributed by atoms with Crippen LogP contribution in [-0.4, -0.2) is 16.6 Å². The van der Waals surface area contributed by atoms with E-state index in [-0.39, 0.29) is 11.2 Å². The van der Waals surface area contributed by atoms with Gasteiger partial charge in [0.1, 0.15) is 5.75 Å². The standard InChI is InChI=1S/C28H21N3O4S/c1-35-21-10-4-6-17(14-21)15-24-27(32)30-26(19-8-5-9-20(16-19)31(33)34)23-13-12-18-7-2-3-11-22(18)25(23)29-28(30)36-24/h2-11,14-16,26H,12-13H2,1H3/b24-15-/t26-/m1/s1. The summed E-state index contributed by atoms with van der Waals surface area (Å²) < 4.78 is 7.57. The Morgan fingerprint density at radius 2 is 1.92 bits per heavy atom. The highest BCUT2D eigenvalue weighted by atomic mass is 32.1. The Morgan fingerprint density at radius 1 is 1.08 bits per heavy atom. The molecule has 0 spiro atoms. The van der Waals surface area contributed by atoms with Crippen molar-refractivity contribution in [3.8, 4) is 5.75 Å². The minimum absolute atomic E-state index is 0.00127. The van der Waals surface area contributed by atoms with Gasteiger partial charge in [0, 0.05) is 17.7 Å². The van der Waals surface area contributed by atoms with E-state index in [1.807, 2.05) is 48.5 Å². The van der Waals surface area contributed by atoms with Crippen LogP contribution in [0.2, 0.25) is 0 Å². The van der Waals surface area contributed by atoms with Crippen molar-refractivity contribution in [1.82, 2.24) is 4.57 Å². The maximum Gasteiger partial charge on any atom is 0.271 e. The maximum absolute atomic E-state index is 13.8. The summed E-state index contributed by atoms with van der Waals surface area (Å²) in [5.74, 6) is 0.707. The molecule has 7 nitrogen and oxygen atoms in total. The van der Waals surface area contributed by atoms with Gasteiger partial charge in [-0.25, -0.2) is 4.99 Å². The summed E-state index contributed by atoms with van der Waals surface area (Å²) in [5, 5.41) is 11.5. The molecule has 2 aliphatic rings. The van der Waals surface area contributed by atoms with E-state index in [1.165, 1.54) is 23.0 Å². The zero-order valence-corrected chi connectivity index (χ0v) is 20.2. The van der Waals surface area contributed by atoms with Gasteiger partial charge in [0.15, 0.2) is 4.80 Å².